The Bertz CT molecular complexity index is 1250. The van der Waals surface area contributed by atoms with Crippen LogP contribution in [0.2, 0.25) is 36.3 Å². The summed E-state index contributed by atoms with van der Waals surface area (Å²) in [5.74, 6) is 2.39. The molecule has 0 bridgehead atoms. The van der Waals surface area contributed by atoms with Gasteiger partial charge in [0.25, 0.3) is 0 Å². The largest absolute Gasteiger partial charge is 0.413 e. The summed E-state index contributed by atoms with van der Waals surface area (Å²) in [7, 11) is -4.32. The number of aliphatic hydroxyl groups is 1. The number of allylic oxidation sites excluding steroid dienone is 3. The highest BCUT2D eigenvalue weighted by Gasteiger charge is 2.63. The van der Waals surface area contributed by atoms with Gasteiger partial charge in [0.2, 0.25) is 0 Å². The van der Waals surface area contributed by atoms with Crippen LogP contribution in [0.15, 0.2) is 23.3 Å². The van der Waals surface area contributed by atoms with Gasteiger partial charge in [0.1, 0.15) is 10.7 Å². The summed E-state index contributed by atoms with van der Waals surface area (Å²) in [6, 6.07) is 0. The average molecular weight is 719 g/mol. The number of fused-ring (bicyclic) bond motifs is 5. The standard InChI is InChI=1S/C41H74O4SSi2/c1-16-31-34(42)26-33-30-21-20-29-27-41(45-48(14,15)37(7,8)9,46-25-19-23-40(43,17-2)18-3)28-35(44-47(12,13)36(4,5)6)39(29,11)32(30)22-24-38(31,33)10/h20-21,31-33,35,43H,16-19,22-28H2,1-15H3/t31-,32-,33-,35-,38+,39-,41-/m0/s1. The second-order valence-electron chi connectivity index (χ2n) is 19.8. The van der Waals surface area contributed by atoms with Gasteiger partial charge in [-0.25, -0.2) is 0 Å². The molecule has 276 valence electrons. The SMILES string of the molecule is CC[C@H]1C(=O)C[C@H]2C3=CC=C4C[C@](O[Si](C)(C)C(C)(C)C)(SCCCC(O)(CC)CC)C[C@H](O[Si](C)(C)C(C)(C)C)[C@]4(C)[C@H]3CC[C@]12C. The number of carbonyl (C=O) groups is 1. The summed E-state index contributed by atoms with van der Waals surface area (Å²) in [6.07, 6.45) is 14.1. The lowest BCUT2D eigenvalue weighted by Gasteiger charge is -2.61. The van der Waals surface area contributed by atoms with Crippen molar-refractivity contribution in [3.8, 4) is 0 Å². The molecule has 0 unspecified atom stereocenters. The van der Waals surface area contributed by atoms with Gasteiger partial charge in [-0.15, -0.1) is 11.8 Å². The molecule has 0 saturated heterocycles. The van der Waals surface area contributed by atoms with Crippen molar-refractivity contribution in [3.05, 3.63) is 23.3 Å². The minimum Gasteiger partial charge on any atom is -0.413 e. The Morgan fingerprint density at radius 1 is 0.938 bits per heavy atom. The first kappa shape index (κ1) is 40.6. The van der Waals surface area contributed by atoms with Gasteiger partial charge in [0.05, 0.1) is 11.7 Å². The van der Waals surface area contributed by atoms with Crippen molar-refractivity contribution >= 4 is 34.2 Å². The molecule has 0 amide bonds. The molecule has 4 aliphatic carbocycles. The van der Waals surface area contributed by atoms with Crippen LogP contribution in [0.4, 0.5) is 0 Å². The van der Waals surface area contributed by atoms with E-state index >= 15 is 0 Å². The maximum atomic E-state index is 13.4. The third-order valence-corrected chi connectivity index (χ3v) is 25.6. The Morgan fingerprint density at radius 2 is 1.54 bits per heavy atom. The molecule has 7 heteroatoms. The van der Waals surface area contributed by atoms with Crippen LogP contribution in [0.1, 0.15) is 140 Å². The van der Waals surface area contributed by atoms with Gasteiger partial charge in [0, 0.05) is 30.6 Å². The second kappa shape index (κ2) is 13.7. The number of Topliss-reactive ketones (excluding diaryl/α,β-unsaturated/α-hetero) is 1. The number of hydrogen-bond acceptors (Lipinski definition) is 5. The lowest BCUT2D eigenvalue weighted by Crippen LogP contribution is -2.61. The molecular formula is C41H74O4SSi2. The van der Waals surface area contributed by atoms with E-state index in [9.17, 15) is 9.90 Å². The molecule has 4 rings (SSSR count). The molecule has 0 heterocycles. The van der Waals surface area contributed by atoms with Crippen molar-refractivity contribution in [3.63, 3.8) is 0 Å². The molecule has 3 fully saturated rings. The van der Waals surface area contributed by atoms with E-state index in [4.69, 9.17) is 8.85 Å². The van der Waals surface area contributed by atoms with Crippen LogP contribution < -0.4 is 0 Å². The predicted molar refractivity (Wildman–Crippen MR) is 212 cm³/mol. The van der Waals surface area contributed by atoms with Crippen molar-refractivity contribution in [2.24, 2.45) is 28.6 Å². The van der Waals surface area contributed by atoms with Crippen LogP contribution in [-0.4, -0.2) is 49.9 Å². The first-order chi connectivity index (χ1) is 21.9. The van der Waals surface area contributed by atoms with Gasteiger partial charge in [-0.3, -0.25) is 4.79 Å². The first-order valence-corrected chi connectivity index (χ1v) is 26.3. The van der Waals surface area contributed by atoms with Crippen LogP contribution in [0, 0.1) is 28.6 Å². The Labute approximate surface area is 302 Å². The Hall–Kier alpha value is -0.186. The Balaban J connectivity index is 1.82. The van der Waals surface area contributed by atoms with Gasteiger partial charge < -0.3 is 14.0 Å². The molecule has 4 aliphatic rings. The monoisotopic (exact) mass is 718 g/mol. The number of rotatable bonds is 12. The molecule has 0 aromatic heterocycles. The number of thioether (sulfide) groups is 1. The van der Waals surface area contributed by atoms with Gasteiger partial charge in [-0.2, -0.15) is 0 Å². The lowest BCUT2D eigenvalue weighted by molar-refractivity contribution is -0.122. The minimum absolute atomic E-state index is 0.0380. The molecule has 3 saturated carbocycles. The molecule has 0 aromatic rings. The fraction of sp³-hybridized carbons (Fsp3) is 0.878. The van der Waals surface area contributed by atoms with Crippen molar-refractivity contribution in [2.45, 2.75) is 193 Å². The smallest absolute Gasteiger partial charge is 0.193 e. The topological polar surface area (TPSA) is 55.8 Å². The summed E-state index contributed by atoms with van der Waals surface area (Å²) in [5, 5.41) is 11.3. The van der Waals surface area contributed by atoms with Gasteiger partial charge >= 0.3 is 0 Å². The third kappa shape index (κ3) is 7.23. The van der Waals surface area contributed by atoms with Crippen LogP contribution in [0.25, 0.3) is 0 Å². The van der Waals surface area contributed by atoms with Gasteiger partial charge in [0.15, 0.2) is 16.6 Å². The van der Waals surface area contributed by atoms with E-state index in [0.717, 1.165) is 63.5 Å². The zero-order valence-electron chi connectivity index (χ0n) is 33.8. The molecule has 48 heavy (non-hydrogen) atoms. The van der Waals surface area contributed by atoms with E-state index < -0.39 is 22.2 Å². The van der Waals surface area contributed by atoms with Crippen LogP contribution in [-0.2, 0) is 13.6 Å². The molecule has 4 nitrogen and oxygen atoms in total. The highest BCUT2D eigenvalue weighted by Crippen LogP contribution is 2.67. The van der Waals surface area contributed by atoms with E-state index in [2.05, 4.69) is 115 Å². The van der Waals surface area contributed by atoms with E-state index in [0.29, 0.717) is 24.0 Å². The summed E-state index contributed by atoms with van der Waals surface area (Å²) < 4.78 is 15.4. The molecule has 0 radical (unpaired) electrons. The maximum absolute atomic E-state index is 13.4. The fourth-order valence-electron chi connectivity index (χ4n) is 9.40. The fourth-order valence-corrected chi connectivity index (χ4v) is 14.2. The van der Waals surface area contributed by atoms with E-state index in [1.54, 1.807) is 0 Å². The van der Waals surface area contributed by atoms with Crippen molar-refractivity contribution in [2.75, 3.05) is 5.75 Å². The van der Waals surface area contributed by atoms with Crippen LogP contribution >= 0.6 is 11.8 Å². The van der Waals surface area contributed by atoms with Crippen molar-refractivity contribution in [1.82, 2.24) is 0 Å². The highest BCUT2D eigenvalue weighted by atomic mass is 32.2. The normalized spacial score (nSPS) is 34.7. The van der Waals surface area contributed by atoms with Gasteiger partial charge in [-0.05, 0) is 104 Å². The van der Waals surface area contributed by atoms with E-state index in [1.807, 2.05) is 11.8 Å². The molecule has 1 N–H and O–H groups in total. The summed E-state index contributed by atoms with van der Waals surface area (Å²) >= 11 is 2.02. The quantitative estimate of drug-likeness (QED) is 0.124. The van der Waals surface area contributed by atoms with Crippen molar-refractivity contribution in [1.29, 1.82) is 0 Å². The van der Waals surface area contributed by atoms with Crippen LogP contribution in [0.5, 0.6) is 0 Å². The summed E-state index contributed by atoms with van der Waals surface area (Å²) in [5.41, 5.74) is 2.40. The highest BCUT2D eigenvalue weighted by molar-refractivity contribution is 8.00. The second-order valence-corrected chi connectivity index (χ2v) is 30.7. The van der Waals surface area contributed by atoms with E-state index in [1.165, 1.54) is 11.1 Å². The molecule has 7 atom stereocenters. The lowest BCUT2D eigenvalue weighted by atomic mass is 9.49. The van der Waals surface area contributed by atoms with Crippen molar-refractivity contribution < 1.29 is 18.8 Å². The number of hydrogen-bond donors (Lipinski definition) is 1. The average Bonchev–Trinajstić information content (AvgIpc) is 3.23. The summed E-state index contributed by atoms with van der Waals surface area (Å²) in [4.78, 5) is 13.0. The number of carbonyl (C=O) groups excluding carboxylic acids is 1. The molecule has 0 spiro atoms. The third-order valence-electron chi connectivity index (χ3n) is 15.0. The molecule has 0 aromatic carbocycles. The zero-order valence-corrected chi connectivity index (χ0v) is 36.6. The maximum Gasteiger partial charge on any atom is 0.193 e. The number of ketones is 1. The van der Waals surface area contributed by atoms with Crippen LogP contribution in [0.3, 0.4) is 0 Å². The minimum atomic E-state index is -2.16. The van der Waals surface area contributed by atoms with Gasteiger partial charge in [-0.1, -0.05) is 99.5 Å². The first-order valence-electron chi connectivity index (χ1n) is 19.5. The Kier molecular flexibility index (Phi) is 11.5. The van der Waals surface area contributed by atoms with E-state index in [-0.39, 0.29) is 37.9 Å². The molecular weight excluding hydrogens is 645 g/mol. The molecule has 0 aliphatic heterocycles. The summed E-state index contributed by atoms with van der Waals surface area (Å²) in [6.45, 7) is 35.2. The zero-order chi connectivity index (χ0) is 36.4. The predicted octanol–water partition coefficient (Wildman–Crippen LogP) is 11.9. The Morgan fingerprint density at radius 3 is 2.08 bits per heavy atom.